The smallest absolute Gasteiger partial charge is 0.343 e. The number of nitrogens with one attached hydrogen (secondary N) is 1. The molecule has 0 saturated carbocycles. The van der Waals surface area contributed by atoms with Crippen molar-refractivity contribution in [1.82, 2.24) is 9.55 Å². The summed E-state index contributed by atoms with van der Waals surface area (Å²) < 4.78 is 6.85. The number of carbonyl (C=O) groups excluding carboxylic acids is 2. The van der Waals surface area contributed by atoms with Crippen molar-refractivity contribution < 1.29 is 29.2 Å². The average molecular weight is 782 g/mol. The van der Waals surface area contributed by atoms with Crippen LogP contribution in [0.2, 0.25) is 0 Å². The van der Waals surface area contributed by atoms with Gasteiger partial charge in [0, 0.05) is 28.3 Å². The number of hydrogen-bond acceptors (Lipinski definition) is 8. The Morgan fingerprint density at radius 2 is 1.74 bits per heavy atom. The fraction of sp³-hybridized carbons (Fsp3) is 0.333. The van der Waals surface area contributed by atoms with Gasteiger partial charge in [0.15, 0.2) is 17.1 Å². The van der Waals surface area contributed by atoms with E-state index in [-0.39, 0.29) is 41.0 Å². The van der Waals surface area contributed by atoms with E-state index in [1.807, 2.05) is 44.2 Å². The van der Waals surface area contributed by atoms with E-state index in [9.17, 15) is 19.5 Å². The number of nitrogens with zero attached hydrogens (tertiary/aromatic N) is 2. The van der Waals surface area contributed by atoms with E-state index < -0.39 is 11.6 Å². The van der Waals surface area contributed by atoms with Crippen LogP contribution < -0.4 is 20.7 Å². The van der Waals surface area contributed by atoms with Gasteiger partial charge in [-0.25, -0.2) is 9.78 Å². The van der Waals surface area contributed by atoms with E-state index in [0.717, 1.165) is 27.7 Å². The van der Waals surface area contributed by atoms with Gasteiger partial charge in [0.25, 0.3) is 5.56 Å². The second kappa shape index (κ2) is 16.1. The number of carbonyl (C=O) groups is 2. The minimum Gasteiger partial charge on any atom is -0.458 e. The van der Waals surface area contributed by atoms with Gasteiger partial charge in [-0.05, 0) is 124 Å². The van der Waals surface area contributed by atoms with Crippen molar-refractivity contribution in [2.45, 2.75) is 99.3 Å². The van der Waals surface area contributed by atoms with Gasteiger partial charge in [0.2, 0.25) is 5.91 Å². The summed E-state index contributed by atoms with van der Waals surface area (Å²) in [6, 6.07) is 14.1. The first-order valence-electron chi connectivity index (χ1n) is 20.0. The molecular weight excluding hydrogens is 731 g/mol. The predicted octanol–water partition coefficient (Wildman–Crippen LogP) is 9.48. The van der Waals surface area contributed by atoms with Gasteiger partial charge in [0.1, 0.15) is 6.61 Å². The Hall–Kier alpha value is -6.00. The van der Waals surface area contributed by atoms with Gasteiger partial charge in [-0.3, -0.25) is 19.4 Å². The zero-order valence-electron chi connectivity index (χ0n) is 34.3. The highest BCUT2D eigenvalue weighted by Gasteiger charge is 2.45. The molecular formula is C48H51N3O7. The summed E-state index contributed by atoms with van der Waals surface area (Å²) in [5, 5.41) is 15.0. The van der Waals surface area contributed by atoms with Gasteiger partial charge >= 0.3 is 5.97 Å². The molecule has 2 aliphatic heterocycles. The molecule has 1 atom stereocenters. The van der Waals surface area contributed by atoms with Crippen LogP contribution in [0.4, 0.5) is 5.69 Å². The summed E-state index contributed by atoms with van der Waals surface area (Å²) >= 11 is 0. The number of cyclic esters (lactones) is 1. The summed E-state index contributed by atoms with van der Waals surface area (Å²) in [4.78, 5) is 55.3. The number of aryl methyl sites for hydroxylation is 1. The van der Waals surface area contributed by atoms with Crippen molar-refractivity contribution >= 4 is 28.5 Å². The lowest BCUT2D eigenvalue weighted by atomic mass is 9.72. The Morgan fingerprint density at radius 1 is 1.00 bits per heavy atom. The molecule has 1 amide bonds. The molecule has 2 aromatic heterocycles. The van der Waals surface area contributed by atoms with Crippen molar-refractivity contribution in [3.05, 3.63) is 140 Å². The number of ether oxygens (including phenoxy) is 1. The first-order valence-corrected chi connectivity index (χ1v) is 20.0. The van der Waals surface area contributed by atoms with Crippen molar-refractivity contribution in [3.8, 4) is 22.9 Å². The Morgan fingerprint density at radius 3 is 2.47 bits per heavy atom. The highest BCUT2D eigenvalue weighted by molar-refractivity contribution is 6.00. The molecule has 300 valence electrons. The van der Waals surface area contributed by atoms with Crippen molar-refractivity contribution in [3.63, 3.8) is 0 Å². The van der Waals surface area contributed by atoms with E-state index in [1.165, 1.54) is 30.4 Å². The number of hydrogen-bond donors (Lipinski definition) is 2. The van der Waals surface area contributed by atoms with E-state index in [0.29, 0.717) is 47.1 Å². The molecule has 58 heavy (non-hydrogen) atoms. The fourth-order valence-corrected chi connectivity index (χ4v) is 8.35. The Kier molecular flexibility index (Phi) is 11.2. The molecule has 3 aliphatic rings. The van der Waals surface area contributed by atoms with Crippen LogP contribution in [-0.4, -0.2) is 26.5 Å². The lowest BCUT2D eigenvalue weighted by molar-refractivity contribution is -0.172. The quantitative estimate of drug-likeness (QED) is 0.0446. The average Bonchev–Trinajstić information content (AvgIpc) is 3.56. The second-order valence-electron chi connectivity index (χ2n) is 16.2. The maximum absolute atomic E-state index is 13.7. The number of aliphatic hydroxyl groups is 1. The van der Waals surface area contributed by atoms with E-state index >= 15 is 0 Å². The second-order valence-corrected chi connectivity index (χ2v) is 16.2. The maximum Gasteiger partial charge on any atom is 0.343 e. The Bertz CT molecular complexity index is 2530. The molecule has 2 N–H and O–H groups in total. The topological polar surface area (TPSA) is 129 Å². The normalized spacial score (nSPS) is 19.0. The largest absolute Gasteiger partial charge is 0.458 e. The van der Waals surface area contributed by atoms with Crippen LogP contribution in [-0.2, 0) is 39.5 Å². The molecule has 2 aromatic carbocycles. The van der Waals surface area contributed by atoms with Crippen LogP contribution in [0.3, 0.4) is 0 Å². The summed E-state index contributed by atoms with van der Waals surface area (Å²) in [7, 11) is 0. The summed E-state index contributed by atoms with van der Waals surface area (Å²) in [6.45, 7) is 14.7. The number of anilines is 1. The number of rotatable bonds is 11. The number of aromatic nitrogens is 2. The van der Waals surface area contributed by atoms with E-state index in [4.69, 9.17) is 19.5 Å². The number of allylic oxidation sites excluding steroid dienone is 9. The number of benzene rings is 2. The van der Waals surface area contributed by atoms with Crippen molar-refractivity contribution in [1.29, 1.82) is 0 Å². The maximum atomic E-state index is 13.7. The zero-order valence-corrected chi connectivity index (χ0v) is 34.3. The molecule has 0 radical (unpaired) electrons. The lowest BCUT2D eigenvalue weighted by Crippen LogP contribution is -2.44. The van der Waals surface area contributed by atoms with Gasteiger partial charge < -0.3 is 19.7 Å². The molecule has 4 aromatic rings. The van der Waals surface area contributed by atoms with Crippen molar-refractivity contribution in [2.24, 2.45) is 5.41 Å². The van der Waals surface area contributed by atoms with Crippen LogP contribution in [0.25, 0.3) is 22.3 Å². The Labute approximate surface area is 339 Å². The third-order valence-electron chi connectivity index (χ3n) is 11.6. The molecule has 7 rings (SSSR count). The van der Waals surface area contributed by atoms with Crippen LogP contribution in [0, 0.1) is 5.41 Å². The Balaban J connectivity index is 0.985. The SMILES string of the molecule is CCc1c2c(nc3ccc(OOc4ccc(NC(=O)/C=C(C)/C=C/C=C(C)/C=C/C5=C(C)CCCC5(C)C)cc4)cc13)-c1cc3c(c(=O)n1C2)COC(=O)[C@]3(O)CC. The van der Waals surface area contributed by atoms with Crippen LogP contribution in [0.5, 0.6) is 11.5 Å². The fourth-order valence-electron chi connectivity index (χ4n) is 8.35. The van der Waals surface area contributed by atoms with Gasteiger partial charge in [0.05, 0.1) is 29.0 Å². The van der Waals surface area contributed by atoms with Gasteiger partial charge in [-0.1, -0.05) is 69.2 Å². The third kappa shape index (κ3) is 7.81. The van der Waals surface area contributed by atoms with Crippen LogP contribution in [0.15, 0.2) is 112 Å². The predicted molar refractivity (Wildman–Crippen MR) is 226 cm³/mol. The molecule has 4 heterocycles. The van der Waals surface area contributed by atoms with Crippen LogP contribution >= 0.6 is 0 Å². The van der Waals surface area contributed by atoms with Gasteiger partial charge in [-0.15, -0.1) is 0 Å². The number of amides is 1. The van der Waals surface area contributed by atoms with Crippen molar-refractivity contribution in [2.75, 3.05) is 5.32 Å². The highest BCUT2D eigenvalue weighted by Crippen LogP contribution is 2.42. The molecule has 0 spiro atoms. The lowest BCUT2D eigenvalue weighted by Gasteiger charge is -2.32. The molecule has 10 nitrogen and oxygen atoms in total. The molecule has 0 unspecified atom stereocenters. The standard InChI is InChI=1S/C48H51N3O7/c1-8-35-36-25-34(20-22-41(36)50-44-37(35)27-51-42(44)26-40-38(45(51)53)28-56-46(54)48(40,55)9-2)58-57-33-18-16-32(17-19-33)49-43(52)24-30(4)13-10-12-29(3)15-21-39-31(5)14-11-23-47(39,6)7/h10,12-13,15-22,24-26,55H,8-9,11,14,23,27-28H2,1-7H3,(H,49,52)/b13-10+,21-15+,29-12+,30-24+/t48-/m0/s1. The first-order chi connectivity index (χ1) is 27.7. The molecule has 0 bridgehead atoms. The van der Waals surface area contributed by atoms with Crippen LogP contribution in [0.1, 0.15) is 96.4 Å². The molecule has 10 heteroatoms. The summed E-state index contributed by atoms with van der Waals surface area (Å²) in [5.74, 6) is -0.0846. The monoisotopic (exact) mass is 781 g/mol. The highest BCUT2D eigenvalue weighted by atomic mass is 17.2. The summed E-state index contributed by atoms with van der Waals surface area (Å²) in [5.41, 5.74) is 7.92. The summed E-state index contributed by atoms with van der Waals surface area (Å²) in [6.07, 6.45) is 16.3. The first kappa shape index (κ1) is 40.2. The molecule has 1 aliphatic carbocycles. The van der Waals surface area contributed by atoms with E-state index in [1.54, 1.807) is 54.0 Å². The number of pyridine rings is 2. The third-order valence-corrected chi connectivity index (χ3v) is 11.6. The number of esters is 1. The zero-order chi connectivity index (χ0) is 41.4. The van der Waals surface area contributed by atoms with Gasteiger partial charge in [-0.2, -0.15) is 0 Å². The molecule has 0 fully saturated rings. The number of fused-ring (bicyclic) bond motifs is 5. The minimum absolute atomic E-state index is 0.0791. The molecule has 0 saturated heterocycles. The van der Waals surface area contributed by atoms with E-state index in [2.05, 4.69) is 45.2 Å². The minimum atomic E-state index is -1.89.